The summed E-state index contributed by atoms with van der Waals surface area (Å²) in [6, 6.07) is 15.9. The van der Waals surface area contributed by atoms with E-state index in [1.165, 1.54) is 11.8 Å². The van der Waals surface area contributed by atoms with E-state index in [0.717, 1.165) is 5.69 Å². The molecule has 138 valence electrons. The lowest BCUT2D eigenvalue weighted by Crippen LogP contribution is -2.21. The molecule has 0 saturated heterocycles. The van der Waals surface area contributed by atoms with Crippen LogP contribution in [0.15, 0.2) is 60.8 Å². The van der Waals surface area contributed by atoms with Gasteiger partial charge in [0.1, 0.15) is 0 Å². The van der Waals surface area contributed by atoms with Crippen LogP contribution in [0, 0.1) is 0 Å². The van der Waals surface area contributed by atoms with Gasteiger partial charge in [0.05, 0.1) is 19.0 Å². The fraction of sp³-hybridized carbons (Fsp3) is 0.105. The number of benzene rings is 2. The molecule has 0 bridgehead atoms. The molecule has 1 heterocycles. The highest BCUT2D eigenvalue weighted by Crippen LogP contribution is 2.20. The standard InChI is InChI=1S/C19H16ClN3O4/c1-26-16-11-23(15-8-3-2-4-9-15)22-18(16)19(25)27-12-17(24)21-14-7-5-6-13(20)10-14/h2-11H,12H2,1H3,(H,21,24). The van der Waals surface area contributed by atoms with Gasteiger partial charge in [-0.1, -0.05) is 35.9 Å². The molecule has 3 rings (SSSR count). The molecule has 0 aliphatic rings. The predicted molar refractivity (Wildman–Crippen MR) is 100 cm³/mol. The van der Waals surface area contributed by atoms with Crippen molar-refractivity contribution in [1.82, 2.24) is 9.78 Å². The Labute approximate surface area is 160 Å². The zero-order valence-corrected chi connectivity index (χ0v) is 15.1. The van der Waals surface area contributed by atoms with Gasteiger partial charge in [-0.2, -0.15) is 5.10 Å². The topological polar surface area (TPSA) is 82.5 Å². The lowest BCUT2D eigenvalue weighted by molar-refractivity contribution is -0.119. The Bertz CT molecular complexity index is 957. The van der Waals surface area contributed by atoms with Crippen molar-refractivity contribution in [2.24, 2.45) is 0 Å². The molecule has 0 saturated carbocycles. The van der Waals surface area contributed by atoms with Gasteiger partial charge in [-0.15, -0.1) is 0 Å². The van der Waals surface area contributed by atoms with Gasteiger partial charge in [0.2, 0.25) is 5.69 Å². The molecule has 7 nitrogen and oxygen atoms in total. The van der Waals surface area contributed by atoms with Crippen LogP contribution in [0.5, 0.6) is 5.75 Å². The van der Waals surface area contributed by atoms with E-state index in [1.807, 2.05) is 30.3 Å². The van der Waals surface area contributed by atoms with Crippen molar-refractivity contribution in [2.75, 3.05) is 19.0 Å². The number of para-hydroxylation sites is 1. The lowest BCUT2D eigenvalue weighted by atomic mass is 10.3. The van der Waals surface area contributed by atoms with Crippen molar-refractivity contribution in [3.05, 3.63) is 71.5 Å². The molecule has 3 aromatic rings. The average molecular weight is 386 g/mol. The molecule has 0 aliphatic heterocycles. The smallest absolute Gasteiger partial charge is 0.363 e. The largest absolute Gasteiger partial charge is 0.493 e. The number of methoxy groups -OCH3 is 1. The van der Waals surface area contributed by atoms with E-state index in [0.29, 0.717) is 10.7 Å². The number of carbonyl (C=O) groups excluding carboxylic acids is 2. The summed E-state index contributed by atoms with van der Waals surface area (Å²) in [4.78, 5) is 24.3. The molecular formula is C19H16ClN3O4. The average Bonchev–Trinajstić information content (AvgIpc) is 3.11. The lowest BCUT2D eigenvalue weighted by Gasteiger charge is -2.06. The van der Waals surface area contributed by atoms with Gasteiger partial charge in [-0.3, -0.25) is 4.79 Å². The van der Waals surface area contributed by atoms with Crippen molar-refractivity contribution in [3.8, 4) is 11.4 Å². The van der Waals surface area contributed by atoms with Crippen LogP contribution >= 0.6 is 11.6 Å². The Morgan fingerprint density at radius 2 is 1.93 bits per heavy atom. The van der Waals surface area contributed by atoms with Crippen molar-refractivity contribution >= 4 is 29.2 Å². The zero-order valence-electron chi connectivity index (χ0n) is 14.4. The van der Waals surface area contributed by atoms with Crippen LogP contribution in [0.25, 0.3) is 5.69 Å². The minimum Gasteiger partial charge on any atom is -0.493 e. The van der Waals surface area contributed by atoms with Gasteiger partial charge in [0.15, 0.2) is 12.4 Å². The predicted octanol–water partition coefficient (Wildman–Crippen LogP) is 3.33. The molecule has 0 radical (unpaired) electrons. The van der Waals surface area contributed by atoms with Crippen LogP contribution in [0.4, 0.5) is 5.69 Å². The normalized spacial score (nSPS) is 10.3. The highest BCUT2D eigenvalue weighted by molar-refractivity contribution is 6.30. The summed E-state index contributed by atoms with van der Waals surface area (Å²) < 4.78 is 11.7. The first-order valence-electron chi connectivity index (χ1n) is 7.98. The molecule has 2 aromatic carbocycles. The van der Waals surface area contributed by atoms with E-state index in [1.54, 1.807) is 30.5 Å². The van der Waals surface area contributed by atoms with Crippen molar-refractivity contribution < 1.29 is 19.1 Å². The van der Waals surface area contributed by atoms with Crippen molar-refractivity contribution in [3.63, 3.8) is 0 Å². The van der Waals surface area contributed by atoms with E-state index < -0.39 is 18.5 Å². The van der Waals surface area contributed by atoms with E-state index >= 15 is 0 Å². The number of aromatic nitrogens is 2. The molecule has 8 heteroatoms. The summed E-state index contributed by atoms with van der Waals surface area (Å²) in [6.07, 6.45) is 1.57. The highest BCUT2D eigenvalue weighted by atomic mass is 35.5. The van der Waals surface area contributed by atoms with Gasteiger partial charge in [-0.25, -0.2) is 9.48 Å². The number of hydrogen-bond donors (Lipinski definition) is 1. The maximum absolute atomic E-state index is 12.3. The van der Waals surface area contributed by atoms with Crippen LogP contribution < -0.4 is 10.1 Å². The number of hydrogen-bond acceptors (Lipinski definition) is 5. The third kappa shape index (κ3) is 4.65. The van der Waals surface area contributed by atoms with Gasteiger partial charge < -0.3 is 14.8 Å². The van der Waals surface area contributed by atoms with Crippen LogP contribution in [0.1, 0.15) is 10.5 Å². The minimum absolute atomic E-state index is 0.0168. The second-order valence-corrected chi connectivity index (χ2v) is 5.90. The van der Waals surface area contributed by atoms with Gasteiger partial charge in [0, 0.05) is 10.7 Å². The molecule has 0 unspecified atom stereocenters. The third-order valence-electron chi connectivity index (χ3n) is 3.56. The van der Waals surface area contributed by atoms with Gasteiger partial charge in [-0.05, 0) is 30.3 Å². The molecule has 1 N–H and O–H groups in total. The molecule has 0 atom stereocenters. The van der Waals surface area contributed by atoms with E-state index in [-0.39, 0.29) is 11.4 Å². The first kappa shape index (κ1) is 18.5. The first-order valence-corrected chi connectivity index (χ1v) is 8.36. The van der Waals surface area contributed by atoms with Gasteiger partial charge >= 0.3 is 5.97 Å². The fourth-order valence-electron chi connectivity index (χ4n) is 2.32. The molecule has 1 amide bonds. The Balaban J connectivity index is 1.65. The zero-order chi connectivity index (χ0) is 19.2. The SMILES string of the molecule is COc1cn(-c2ccccc2)nc1C(=O)OCC(=O)Nc1cccc(Cl)c1. The second kappa shape index (κ2) is 8.37. The number of anilines is 1. The molecule has 0 aliphatic carbocycles. The highest BCUT2D eigenvalue weighted by Gasteiger charge is 2.21. The monoisotopic (exact) mass is 385 g/mol. The number of rotatable bonds is 6. The second-order valence-electron chi connectivity index (χ2n) is 5.46. The van der Waals surface area contributed by atoms with Crippen LogP contribution in [-0.4, -0.2) is 35.4 Å². The van der Waals surface area contributed by atoms with Crippen molar-refractivity contribution in [1.29, 1.82) is 0 Å². The minimum atomic E-state index is -0.761. The number of ether oxygens (including phenoxy) is 2. The van der Waals surface area contributed by atoms with E-state index in [9.17, 15) is 9.59 Å². The van der Waals surface area contributed by atoms with Crippen molar-refractivity contribution in [2.45, 2.75) is 0 Å². The number of amides is 1. The maximum Gasteiger partial charge on any atom is 0.363 e. The van der Waals surface area contributed by atoms with Gasteiger partial charge in [0.25, 0.3) is 5.91 Å². The molecular weight excluding hydrogens is 370 g/mol. The number of nitrogens with one attached hydrogen (secondary N) is 1. The summed E-state index contributed by atoms with van der Waals surface area (Å²) in [5.41, 5.74) is 1.25. The Hall–Kier alpha value is -3.32. The summed E-state index contributed by atoms with van der Waals surface area (Å²) in [5, 5.41) is 7.27. The number of esters is 1. The first-order chi connectivity index (χ1) is 13.1. The van der Waals surface area contributed by atoms with Crippen LogP contribution in [-0.2, 0) is 9.53 Å². The molecule has 1 aromatic heterocycles. The summed E-state index contributed by atoms with van der Waals surface area (Å²) >= 11 is 5.86. The Morgan fingerprint density at radius 1 is 1.15 bits per heavy atom. The summed E-state index contributed by atoms with van der Waals surface area (Å²) in [6.45, 7) is -0.466. The molecule has 0 spiro atoms. The van der Waals surface area contributed by atoms with Crippen LogP contribution in [0.2, 0.25) is 5.02 Å². The number of halogens is 1. The number of carbonyl (C=O) groups is 2. The summed E-state index contributed by atoms with van der Waals surface area (Å²) in [5.74, 6) is -1.01. The third-order valence-corrected chi connectivity index (χ3v) is 3.79. The number of nitrogens with zero attached hydrogens (tertiary/aromatic N) is 2. The molecule has 0 fully saturated rings. The molecule has 27 heavy (non-hydrogen) atoms. The Morgan fingerprint density at radius 3 is 2.63 bits per heavy atom. The van der Waals surface area contributed by atoms with E-state index in [4.69, 9.17) is 21.1 Å². The fourth-order valence-corrected chi connectivity index (χ4v) is 2.51. The van der Waals surface area contributed by atoms with Crippen LogP contribution in [0.3, 0.4) is 0 Å². The maximum atomic E-state index is 12.3. The quantitative estimate of drug-likeness (QED) is 0.658. The Kier molecular flexibility index (Phi) is 5.73. The van der Waals surface area contributed by atoms with E-state index in [2.05, 4.69) is 10.4 Å². The summed E-state index contributed by atoms with van der Waals surface area (Å²) in [7, 11) is 1.43.